The molecule has 1 aromatic heterocycles. The van der Waals surface area contributed by atoms with E-state index < -0.39 is 66.3 Å². The van der Waals surface area contributed by atoms with Crippen LogP contribution in [-0.4, -0.2) is 37.4 Å². The number of rotatable bonds is 6. The molecule has 1 heterocycles. The molecule has 258 valence electrons. The summed E-state index contributed by atoms with van der Waals surface area (Å²) < 4.78 is 94.0. The summed E-state index contributed by atoms with van der Waals surface area (Å²) in [7, 11) is -3.71. The lowest BCUT2D eigenvalue weighted by Gasteiger charge is -2.13. The first-order chi connectivity index (χ1) is 22.0. The molecule has 1 saturated carbocycles. The van der Waals surface area contributed by atoms with Gasteiger partial charge < -0.3 is 10.5 Å². The molecule has 0 spiro atoms. The van der Waals surface area contributed by atoms with E-state index in [0.29, 0.717) is 28.8 Å². The molecule has 8 nitrogen and oxygen atoms in total. The Labute approximate surface area is 284 Å². The van der Waals surface area contributed by atoms with Crippen molar-refractivity contribution in [2.24, 2.45) is 17.3 Å². The second kappa shape index (κ2) is 14.0. The molecular formula is C31H28Cl2F6N4O4S. The number of hydrogen-bond donors (Lipinski definition) is 1. The van der Waals surface area contributed by atoms with Crippen molar-refractivity contribution in [1.82, 2.24) is 9.78 Å². The standard InChI is InChI=1S/C19H24O3.C12H4Cl2F6N4OS/c1-7-8-13-12(4)16(10-15(13)20)22-18(21)17-14(9-11(2)3)19(17,5)6;13-5-1-4(11(15,16)17)2-6(14)8(5)24-10(22)9(7(3-21)23-24)26(25)12(18,19)20/h1,9,14,16-17H,8,10H2,2-6H3;1-2H,22H2/t14?,16-,17?;/m0./s1. The van der Waals surface area contributed by atoms with Crippen molar-refractivity contribution < 1.29 is 44.9 Å². The van der Waals surface area contributed by atoms with E-state index in [0.717, 1.165) is 5.57 Å². The molecule has 1 aromatic carbocycles. The van der Waals surface area contributed by atoms with Crippen LogP contribution >= 0.6 is 23.2 Å². The number of Topliss-reactive ketones (excluding diaryl/α,β-unsaturated/α-hetero) is 1. The molecule has 4 atom stereocenters. The van der Waals surface area contributed by atoms with Crippen molar-refractivity contribution in [2.75, 3.05) is 5.73 Å². The zero-order valence-electron chi connectivity index (χ0n) is 25.9. The van der Waals surface area contributed by atoms with Crippen molar-refractivity contribution >= 4 is 51.6 Å². The molecule has 0 radical (unpaired) electrons. The summed E-state index contributed by atoms with van der Waals surface area (Å²) in [6.07, 6.45) is 2.74. The summed E-state index contributed by atoms with van der Waals surface area (Å²) in [5, 5.41) is 11.1. The van der Waals surface area contributed by atoms with Gasteiger partial charge in [-0.15, -0.1) is 12.3 Å². The molecule has 3 unspecified atom stereocenters. The minimum absolute atomic E-state index is 0.00385. The van der Waals surface area contributed by atoms with E-state index in [1.807, 2.05) is 20.8 Å². The molecule has 2 aliphatic rings. The molecule has 0 saturated heterocycles. The lowest BCUT2D eigenvalue weighted by atomic mass is 10.1. The quantitative estimate of drug-likeness (QED) is 0.139. The van der Waals surface area contributed by atoms with E-state index in [2.05, 4.69) is 30.9 Å². The van der Waals surface area contributed by atoms with E-state index in [4.69, 9.17) is 45.4 Å². The molecule has 2 aliphatic carbocycles. The van der Waals surface area contributed by atoms with Gasteiger partial charge in [-0.05, 0) is 49.8 Å². The molecule has 48 heavy (non-hydrogen) atoms. The highest BCUT2D eigenvalue weighted by atomic mass is 35.5. The second-order valence-corrected chi connectivity index (χ2v) is 14.0. The lowest BCUT2D eigenvalue weighted by Crippen LogP contribution is -2.20. The fourth-order valence-corrected chi connectivity index (χ4v) is 6.65. The van der Waals surface area contributed by atoms with E-state index in [9.17, 15) is 40.1 Å². The predicted molar refractivity (Wildman–Crippen MR) is 166 cm³/mol. The molecule has 4 rings (SSSR count). The molecule has 2 aromatic rings. The van der Waals surface area contributed by atoms with E-state index in [1.54, 1.807) is 0 Å². The van der Waals surface area contributed by atoms with Gasteiger partial charge in [-0.2, -0.15) is 36.7 Å². The summed E-state index contributed by atoms with van der Waals surface area (Å²) in [5.74, 6) is 1.49. The van der Waals surface area contributed by atoms with Crippen LogP contribution in [0.1, 0.15) is 58.7 Å². The van der Waals surface area contributed by atoms with E-state index >= 15 is 0 Å². The van der Waals surface area contributed by atoms with E-state index in [-0.39, 0.29) is 35.4 Å². The molecule has 0 aliphatic heterocycles. The maximum Gasteiger partial charge on any atom is 0.476 e. The number of alkyl halides is 6. The van der Waals surface area contributed by atoms with Crippen LogP contribution in [0.3, 0.4) is 0 Å². The number of ketones is 1. The molecular weight excluding hydrogens is 709 g/mol. The van der Waals surface area contributed by atoms with Gasteiger partial charge in [0.2, 0.25) is 0 Å². The van der Waals surface area contributed by atoms with Crippen LogP contribution in [0.25, 0.3) is 5.69 Å². The number of allylic oxidation sites excluding steroid dienone is 3. The van der Waals surface area contributed by atoms with Crippen LogP contribution in [-0.2, 0) is 31.3 Å². The average Bonchev–Trinajstić information content (AvgIpc) is 3.18. The Morgan fingerprint density at radius 2 is 1.79 bits per heavy atom. The number of nitrogens with zero attached hydrogens (tertiary/aromatic N) is 3. The van der Waals surface area contributed by atoms with Gasteiger partial charge >= 0.3 is 17.7 Å². The first-order valence-electron chi connectivity index (χ1n) is 13.8. The third-order valence-corrected chi connectivity index (χ3v) is 9.58. The Kier molecular flexibility index (Phi) is 11.3. The fraction of sp³-hybridized carbons (Fsp3) is 0.419. The van der Waals surface area contributed by atoms with Gasteiger partial charge in [0.15, 0.2) is 22.3 Å². The number of terminal acetylenes is 1. The smallest absolute Gasteiger partial charge is 0.457 e. The number of nitriles is 1. The number of benzene rings is 1. The van der Waals surface area contributed by atoms with Gasteiger partial charge in [0.25, 0.3) is 0 Å². The molecule has 0 bridgehead atoms. The maximum atomic E-state index is 12.7. The maximum absolute atomic E-state index is 12.7. The number of halogens is 8. The van der Waals surface area contributed by atoms with Crippen molar-refractivity contribution in [3.05, 3.63) is 56.2 Å². The summed E-state index contributed by atoms with van der Waals surface area (Å²) in [6.45, 7) is 10.1. The number of aromatic nitrogens is 2. The molecule has 17 heteroatoms. The molecule has 0 amide bonds. The number of esters is 1. The third-order valence-electron chi connectivity index (χ3n) is 7.81. The summed E-state index contributed by atoms with van der Waals surface area (Å²) in [4.78, 5) is 23.2. The number of ether oxygens (including phenoxy) is 1. The zero-order valence-corrected chi connectivity index (χ0v) is 28.3. The molecule has 2 N–H and O–H groups in total. The van der Waals surface area contributed by atoms with Gasteiger partial charge in [0, 0.05) is 12.0 Å². The second-order valence-electron chi connectivity index (χ2n) is 11.8. The summed E-state index contributed by atoms with van der Waals surface area (Å²) in [5.41, 5.74) is 0.160. The fourth-order valence-electron chi connectivity index (χ4n) is 5.23. The number of carbonyl (C=O) groups is 2. The summed E-state index contributed by atoms with van der Waals surface area (Å²) >= 11 is 11.5. The monoisotopic (exact) mass is 736 g/mol. The highest BCUT2D eigenvalue weighted by Gasteiger charge is 2.61. The zero-order chi connectivity index (χ0) is 36.7. The van der Waals surface area contributed by atoms with Crippen LogP contribution in [0.15, 0.2) is 39.8 Å². The number of anilines is 1. The average molecular weight is 738 g/mol. The minimum atomic E-state index is -5.25. The largest absolute Gasteiger partial charge is 0.476 e. The Morgan fingerprint density at radius 1 is 1.23 bits per heavy atom. The Hall–Kier alpha value is -3.79. The Morgan fingerprint density at radius 3 is 2.25 bits per heavy atom. The first kappa shape index (κ1) is 38.7. The Bertz CT molecular complexity index is 1810. The third kappa shape index (κ3) is 7.91. The molecule has 1 fully saturated rings. The Balaban J connectivity index is 0.000000264. The number of hydrogen-bond acceptors (Lipinski definition) is 7. The lowest BCUT2D eigenvalue weighted by molar-refractivity contribution is -0.150. The van der Waals surface area contributed by atoms with Gasteiger partial charge in [-0.1, -0.05) is 48.7 Å². The van der Waals surface area contributed by atoms with Crippen molar-refractivity contribution in [3.63, 3.8) is 0 Å². The van der Waals surface area contributed by atoms with E-state index in [1.165, 1.54) is 11.6 Å². The van der Waals surface area contributed by atoms with Crippen LogP contribution < -0.4 is 5.73 Å². The van der Waals surface area contributed by atoms with Gasteiger partial charge in [0.05, 0.1) is 27.9 Å². The normalized spacial score (nSPS) is 20.6. The summed E-state index contributed by atoms with van der Waals surface area (Å²) in [6, 6.07) is 2.19. The van der Waals surface area contributed by atoms with Gasteiger partial charge in [-0.25, -0.2) is 8.89 Å². The van der Waals surface area contributed by atoms with Crippen LogP contribution in [0.2, 0.25) is 10.0 Å². The van der Waals surface area contributed by atoms with Gasteiger partial charge in [-0.3, -0.25) is 9.59 Å². The SMILES string of the molecule is C#CCC1=C(C)[C@@H](OC(=O)C2C(C=C(C)C)C2(C)C)CC1=O.N#Cc1nn(-c2c(Cl)cc(C(F)(F)F)cc2Cl)c(N)c1S(=O)C(F)(F)F. The van der Waals surface area contributed by atoms with Crippen LogP contribution in [0.5, 0.6) is 0 Å². The number of nitrogens with two attached hydrogens (primary N) is 1. The van der Waals surface area contributed by atoms with Crippen LogP contribution in [0, 0.1) is 40.9 Å². The highest BCUT2D eigenvalue weighted by Crippen LogP contribution is 2.60. The predicted octanol–water partition coefficient (Wildman–Crippen LogP) is 7.73. The number of carbonyl (C=O) groups excluding carboxylic acids is 2. The number of nitrogen functional groups attached to an aromatic ring is 1. The minimum Gasteiger partial charge on any atom is -0.457 e. The van der Waals surface area contributed by atoms with Gasteiger partial charge in [0.1, 0.15) is 28.6 Å². The topological polar surface area (TPSA) is 128 Å². The first-order valence-corrected chi connectivity index (χ1v) is 15.7. The van der Waals surface area contributed by atoms with Crippen molar-refractivity contribution in [2.45, 2.75) is 70.1 Å². The van der Waals surface area contributed by atoms with Crippen molar-refractivity contribution in [1.29, 1.82) is 5.26 Å². The highest BCUT2D eigenvalue weighted by molar-refractivity contribution is 7.86. The van der Waals surface area contributed by atoms with Crippen LogP contribution in [0.4, 0.5) is 32.2 Å². The van der Waals surface area contributed by atoms with Crippen molar-refractivity contribution in [3.8, 4) is 24.1 Å².